The van der Waals surface area contributed by atoms with Gasteiger partial charge < -0.3 is 54.9 Å². The first-order valence-corrected chi connectivity index (χ1v) is 42.3. The number of ketones is 4. The van der Waals surface area contributed by atoms with Gasteiger partial charge in [-0.05, 0) is 176 Å². The third-order valence-corrected chi connectivity index (χ3v) is 21.9. The van der Waals surface area contributed by atoms with Crippen molar-refractivity contribution < 1.29 is 93.2 Å². The molecule has 1 aliphatic rings. The average molecular weight is 1800 g/mol. The summed E-state index contributed by atoms with van der Waals surface area (Å²) in [4.78, 5) is 125. The second-order valence-electron chi connectivity index (χ2n) is 30.3. The summed E-state index contributed by atoms with van der Waals surface area (Å²) in [6, 6.07) is 98.2. The van der Waals surface area contributed by atoms with Gasteiger partial charge in [0.2, 0.25) is 11.6 Å². The Bertz CT molecular complexity index is 6310. The lowest BCUT2D eigenvalue weighted by atomic mass is 9.95. The molecule has 22 nitrogen and oxygen atoms in total. The summed E-state index contributed by atoms with van der Waals surface area (Å²) in [5, 5.41) is 66.5. The maximum Gasteiger partial charge on any atom is 0.335 e. The van der Waals surface area contributed by atoms with Gasteiger partial charge in [-0.25, -0.2) is 4.79 Å². The van der Waals surface area contributed by atoms with Gasteiger partial charge in [-0.3, -0.25) is 47.9 Å². The number of aryl methyl sites for hydroxylation is 2. The summed E-state index contributed by atoms with van der Waals surface area (Å²) in [6.45, 7) is 9.96. The van der Waals surface area contributed by atoms with Crippen molar-refractivity contribution in [2.75, 3.05) is 5.32 Å². The van der Waals surface area contributed by atoms with E-state index in [9.17, 15) is 52.7 Å². The zero-order chi connectivity index (χ0) is 94.8. The van der Waals surface area contributed by atoms with Crippen molar-refractivity contribution in [3.8, 4) is 22.6 Å². The number of nitrogens with zero attached hydrogens (tertiary/aromatic N) is 2. The van der Waals surface area contributed by atoms with Crippen LogP contribution in [0.4, 0.5) is 11.4 Å². The Kier molecular flexibility index (Phi) is 37.0. The predicted octanol–water partition coefficient (Wildman–Crippen LogP) is 22.6. The van der Waals surface area contributed by atoms with Crippen molar-refractivity contribution in [3.05, 3.63) is 438 Å². The van der Waals surface area contributed by atoms with Crippen LogP contribution in [0.3, 0.4) is 0 Å². The minimum atomic E-state index is -0.950. The molecule has 14 aromatic rings. The first kappa shape index (κ1) is 99.1. The largest absolute Gasteiger partial charge is 0.481 e. The molecule has 0 amide bonds. The van der Waals surface area contributed by atoms with Crippen LogP contribution < -0.4 is 10.1 Å². The third-order valence-electron chi connectivity index (χ3n) is 21.3. The number of carbonyl (C=O) groups excluding carboxylic acids is 4. The molecule has 3 unspecified atom stereocenters. The van der Waals surface area contributed by atoms with Crippen molar-refractivity contribution in [1.82, 2.24) is 9.13 Å². The van der Waals surface area contributed by atoms with Gasteiger partial charge in [-0.2, -0.15) is 0 Å². The highest BCUT2D eigenvalue weighted by molar-refractivity contribution is 6.39. The van der Waals surface area contributed by atoms with E-state index < -0.39 is 59.5 Å². The van der Waals surface area contributed by atoms with E-state index in [1.54, 1.807) is 201 Å². The van der Waals surface area contributed by atoms with E-state index in [4.69, 9.17) is 63.7 Å². The molecule has 131 heavy (non-hydrogen) atoms. The highest BCUT2D eigenvalue weighted by atomic mass is 35.5. The van der Waals surface area contributed by atoms with Crippen LogP contribution in [-0.2, 0) is 61.6 Å². The molecule has 2 aromatic heterocycles. The van der Waals surface area contributed by atoms with Gasteiger partial charge in [0.25, 0.3) is 0 Å². The first-order chi connectivity index (χ1) is 62.8. The molecule has 0 fully saturated rings. The smallest absolute Gasteiger partial charge is 0.335 e. The molecule has 0 saturated carbocycles. The van der Waals surface area contributed by atoms with Gasteiger partial charge in [-0.15, -0.1) is 0 Å². The predicted molar refractivity (Wildman–Crippen MR) is 505 cm³/mol. The van der Waals surface area contributed by atoms with Crippen LogP contribution in [0.1, 0.15) is 176 Å². The molecule has 3 heterocycles. The number of anilines is 2. The molecule has 0 saturated heterocycles. The Morgan fingerprint density at radius 3 is 1.47 bits per heavy atom. The second-order valence-corrected chi connectivity index (χ2v) is 31.2. The standard InChI is InChI=1S/2C16H14O3.C16H16O2.C15H13NO3.C15H15NO3.C15H14O3.C14H11Cl2NO2/c1-11(16(18)19)13-8-5-9-14(10-13)15(17)12-6-3-2-4-7-12;17-15(10-11-16(18)19)14-8-6-13(7-9-14)12-4-2-1-3-5-12;1-11-6-5-8-13(12(11)2)10-14-7-3-4-9-15(14)16(17)18;17-14(10-4-2-1-3-5-10)13-7-6-12-11(15(18)19)8-9-16(12)13;1-10-3-5-11(6-4-10)15(19)13-8-7-12(16(13)2)9-14(17)18;1-11(15(16)17)12-6-5-9-14(10-12)18-13-7-3-2-4-8-13;15-10-5-3-6-11(16)14(10)17-12-7-2-1-4-9(12)8-13(18)19/h2-11H,1H3,(H,18,19);1-9H,10-11H2,(H,18,19);3-9H,10H2,1-2H3,(H,17,18);1-7,11H,8-9H2,(H,18,19);3-8H,9H2,1-2H3,(H,17,18);2-11H,1H3,(H,16,17);1-7,17H,8H2,(H,18,19). The number of aromatic nitrogens is 2. The van der Waals surface area contributed by atoms with Crippen LogP contribution in [0.25, 0.3) is 11.1 Å². The van der Waals surface area contributed by atoms with E-state index in [0.29, 0.717) is 108 Å². The first-order valence-electron chi connectivity index (χ1n) is 41.5. The molecule has 8 N–H and O–H groups in total. The summed E-state index contributed by atoms with van der Waals surface area (Å²) in [7, 11) is 1.71. The molecule has 0 aliphatic carbocycles. The van der Waals surface area contributed by atoms with Crippen LogP contribution in [0.15, 0.2) is 328 Å². The van der Waals surface area contributed by atoms with Gasteiger partial charge in [-0.1, -0.05) is 277 Å². The lowest BCUT2D eigenvalue weighted by Crippen LogP contribution is -2.11. The van der Waals surface area contributed by atoms with Crippen LogP contribution >= 0.6 is 23.2 Å². The maximum atomic E-state index is 12.4. The molecule has 3 atom stereocenters. The number of halogens is 2. The minimum Gasteiger partial charge on any atom is -0.481 e. The zero-order valence-corrected chi connectivity index (χ0v) is 74.1. The van der Waals surface area contributed by atoms with Gasteiger partial charge in [0.15, 0.2) is 11.6 Å². The highest BCUT2D eigenvalue weighted by Gasteiger charge is 2.32. The van der Waals surface area contributed by atoms with Crippen molar-refractivity contribution in [2.45, 2.75) is 97.4 Å². The molecule has 15 rings (SSSR count). The number of rotatable bonds is 27. The Labute approximate surface area is 768 Å². The van der Waals surface area contributed by atoms with Crippen molar-refractivity contribution in [2.24, 2.45) is 7.05 Å². The zero-order valence-electron chi connectivity index (χ0n) is 72.5. The number of benzene rings is 12. The Balaban J connectivity index is 0.000000172. The van der Waals surface area contributed by atoms with E-state index in [2.05, 4.69) is 31.3 Å². The number of nitrogens with one attached hydrogen (secondary N) is 1. The van der Waals surface area contributed by atoms with Crippen molar-refractivity contribution in [1.29, 1.82) is 0 Å². The number of hydrogen-bond donors (Lipinski definition) is 8. The fraction of sp³-hybridized carbons (Fsp3) is 0.150. The average Bonchev–Trinajstić information content (AvgIpc) is 1.63. The maximum absolute atomic E-state index is 12.4. The van der Waals surface area contributed by atoms with Crippen LogP contribution in [0.5, 0.6) is 11.5 Å². The number of carboxylic acid groups (broad SMARTS) is 7. The molecule has 24 heteroatoms. The number of ether oxygens (including phenoxy) is 1. The lowest BCUT2D eigenvalue weighted by molar-refractivity contribution is -0.139. The number of para-hydroxylation sites is 3. The van der Waals surface area contributed by atoms with Gasteiger partial charge in [0.1, 0.15) is 11.5 Å². The molecule has 0 radical (unpaired) electrons. The van der Waals surface area contributed by atoms with E-state index in [0.717, 1.165) is 39.3 Å². The number of aromatic carboxylic acids is 1. The number of Topliss-reactive ketones (excluding diaryl/α,β-unsaturated/α-hetero) is 1. The topological polar surface area (TPSA) is 360 Å². The van der Waals surface area contributed by atoms with Crippen molar-refractivity contribution in [3.63, 3.8) is 0 Å². The SMILES string of the molecule is CC(C(=O)O)c1cccc(C(=O)c2ccccc2)c1.CC(C(=O)O)c1cccc(Oc2ccccc2)c1.Cc1ccc(C(=O)c2ccc(CC(=O)O)n2C)cc1.Cc1cccc(Cc2ccccc2C(=O)O)c1C.O=C(O)CCC(=O)c1ccc(-c2ccccc2)cc1.O=C(O)Cc1ccccc1Nc1c(Cl)cccc1Cl.O=C(c1ccccc1)c1ccc2n1CCC2C(=O)O. The minimum absolute atomic E-state index is 0.0417. The second kappa shape index (κ2) is 48.9. The molecular weight excluding hydrogens is 1700 g/mol. The quantitative estimate of drug-likeness (QED) is 0.0222. The lowest BCUT2D eigenvalue weighted by Gasteiger charge is -2.13. The fourth-order valence-corrected chi connectivity index (χ4v) is 14.2. The van der Waals surface area contributed by atoms with Crippen LogP contribution in [0.2, 0.25) is 10.0 Å². The Hall–Kier alpha value is -15.7. The molecule has 1 aliphatic heterocycles. The summed E-state index contributed by atoms with van der Waals surface area (Å²) in [5.41, 5.74) is 16.7. The van der Waals surface area contributed by atoms with Gasteiger partial charge >= 0.3 is 41.8 Å². The summed E-state index contributed by atoms with van der Waals surface area (Å²) < 4.78 is 9.12. The molecule has 668 valence electrons. The Morgan fingerprint density at radius 2 is 0.893 bits per heavy atom. The fourth-order valence-electron chi connectivity index (χ4n) is 13.7. The van der Waals surface area contributed by atoms with Gasteiger partial charge in [0.05, 0.1) is 69.7 Å². The molecular formula is C107H97Cl2N3O19. The van der Waals surface area contributed by atoms with E-state index in [-0.39, 0.29) is 48.8 Å². The van der Waals surface area contributed by atoms with Crippen LogP contribution in [-0.4, -0.2) is 110 Å². The van der Waals surface area contributed by atoms with E-state index in [1.807, 2.05) is 151 Å². The summed E-state index contributed by atoms with van der Waals surface area (Å²) >= 11 is 12.1. The number of hydrogen-bond acceptors (Lipinski definition) is 13. The normalized spacial score (nSPS) is 11.7. The van der Waals surface area contributed by atoms with E-state index in [1.165, 1.54) is 16.7 Å². The number of carbonyl (C=O) groups is 11. The van der Waals surface area contributed by atoms with Crippen molar-refractivity contribution >= 4 is 99.5 Å². The molecule has 12 aromatic carbocycles. The van der Waals surface area contributed by atoms with E-state index >= 15 is 0 Å². The third kappa shape index (κ3) is 29.2. The van der Waals surface area contributed by atoms with Crippen LogP contribution in [0, 0.1) is 20.8 Å². The number of carboxylic acids is 7. The number of aliphatic carboxylic acids is 6. The monoisotopic (exact) mass is 1800 g/mol. The summed E-state index contributed by atoms with van der Waals surface area (Å²) in [6.07, 6.45) is 0.985. The molecule has 0 spiro atoms. The van der Waals surface area contributed by atoms with Gasteiger partial charge in [0, 0.05) is 64.9 Å². The highest BCUT2D eigenvalue weighted by Crippen LogP contribution is 2.36. The number of fused-ring (bicyclic) bond motifs is 1. The molecule has 0 bridgehead atoms. The Morgan fingerprint density at radius 1 is 0.420 bits per heavy atom. The summed E-state index contributed by atoms with van der Waals surface area (Å²) in [5.74, 6) is -6.83.